The molecular weight excluding hydrogens is 178 g/mol. The van der Waals surface area contributed by atoms with E-state index < -0.39 is 12.0 Å². The van der Waals surface area contributed by atoms with Crippen molar-refractivity contribution in [1.29, 1.82) is 0 Å². The van der Waals surface area contributed by atoms with E-state index in [-0.39, 0.29) is 0 Å². The van der Waals surface area contributed by atoms with Crippen molar-refractivity contribution >= 4 is 5.97 Å². The molecule has 0 unspecified atom stereocenters. The zero-order valence-corrected chi connectivity index (χ0v) is 8.45. The van der Waals surface area contributed by atoms with E-state index >= 15 is 0 Å². The molecular formula is C11H15NO2. The summed E-state index contributed by atoms with van der Waals surface area (Å²) in [5, 5.41) is 8.82. The van der Waals surface area contributed by atoms with E-state index in [1.807, 2.05) is 32.0 Å². The van der Waals surface area contributed by atoms with Gasteiger partial charge in [-0.25, -0.2) is 0 Å². The van der Waals surface area contributed by atoms with Gasteiger partial charge in [-0.05, 0) is 24.5 Å². The van der Waals surface area contributed by atoms with Crippen molar-refractivity contribution in [2.45, 2.75) is 26.3 Å². The van der Waals surface area contributed by atoms with Gasteiger partial charge in [0.05, 0.1) is 0 Å². The van der Waals surface area contributed by atoms with Crippen molar-refractivity contribution in [3.8, 4) is 0 Å². The van der Waals surface area contributed by atoms with Gasteiger partial charge in [0.15, 0.2) is 0 Å². The SMILES string of the molecule is CCc1ccc(C)cc1[C@@H](N)C(=O)O. The number of aryl methyl sites for hydroxylation is 2. The Labute approximate surface area is 83.6 Å². The minimum atomic E-state index is -0.981. The molecule has 0 aliphatic heterocycles. The minimum Gasteiger partial charge on any atom is -0.480 e. The third-order valence-electron chi connectivity index (χ3n) is 2.28. The Morgan fingerprint density at radius 2 is 2.21 bits per heavy atom. The van der Waals surface area contributed by atoms with Crippen LogP contribution in [0.5, 0.6) is 0 Å². The van der Waals surface area contributed by atoms with E-state index in [0.29, 0.717) is 0 Å². The number of hydrogen-bond acceptors (Lipinski definition) is 2. The van der Waals surface area contributed by atoms with Gasteiger partial charge in [-0.15, -0.1) is 0 Å². The normalized spacial score (nSPS) is 12.5. The summed E-state index contributed by atoms with van der Waals surface area (Å²) in [5.41, 5.74) is 8.35. The summed E-state index contributed by atoms with van der Waals surface area (Å²) in [5.74, 6) is -0.981. The number of aliphatic carboxylic acids is 1. The first-order valence-corrected chi connectivity index (χ1v) is 4.64. The quantitative estimate of drug-likeness (QED) is 0.767. The molecule has 0 aliphatic rings. The maximum atomic E-state index is 10.8. The first-order chi connectivity index (χ1) is 6.56. The Hall–Kier alpha value is -1.35. The van der Waals surface area contributed by atoms with Crippen LogP contribution in [0.4, 0.5) is 0 Å². The Morgan fingerprint density at radius 3 is 2.71 bits per heavy atom. The van der Waals surface area contributed by atoms with Crippen LogP contribution in [0.25, 0.3) is 0 Å². The highest BCUT2D eigenvalue weighted by molar-refractivity contribution is 5.75. The van der Waals surface area contributed by atoms with Crippen molar-refractivity contribution in [2.75, 3.05) is 0 Å². The van der Waals surface area contributed by atoms with E-state index in [0.717, 1.165) is 23.1 Å². The number of carboxylic acids is 1. The average molecular weight is 193 g/mol. The van der Waals surface area contributed by atoms with Gasteiger partial charge in [0.2, 0.25) is 0 Å². The summed E-state index contributed by atoms with van der Waals surface area (Å²) in [4.78, 5) is 10.8. The molecule has 0 heterocycles. The highest BCUT2D eigenvalue weighted by Crippen LogP contribution is 2.18. The maximum absolute atomic E-state index is 10.8. The molecule has 0 fully saturated rings. The molecule has 3 nitrogen and oxygen atoms in total. The molecule has 14 heavy (non-hydrogen) atoms. The van der Waals surface area contributed by atoms with Crippen LogP contribution in [-0.4, -0.2) is 11.1 Å². The van der Waals surface area contributed by atoms with Crippen LogP contribution in [0.2, 0.25) is 0 Å². The van der Waals surface area contributed by atoms with Crippen LogP contribution in [0.1, 0.15) is 29.7 Å². The fourth-order valence-electron chi connectivity index (χ4n) is 1.46. The number of benzene rings is 1. The molecule has 0 radical (unpaired) electrons. The van der Waals surface area contributed by atoms with Gasteiger partial charge in [0.1, 0.15) is 6.04 Å². The van der Waals surface area contributed by atoms with Crippen LogP contribution < -0.4 is 5.73 Å². The Morgan fingerprint density at radius 1 is 1.57 bits per heavy atom. The Bertz CT molecular complexity index is 347. The topological polar surface area (TPSA) is 63.3 Å². The summed E-state index contributed by atoms with van der Waals surface area (Å²) in [6.45, 7) is 3.92. The lowest BCUT2D eigenvalue weighted by Gasteiger charge is -2.12. The predicted molar refractivity (Wildman–Crippen MR) is 55.1 cm³/mol. The fraction of sp³-hybridized carbons (Fsp3) is 0.364. The lowest BCUT2D eigenvalue weighted by Crippen LogP contribution is -2.22. The molecule has 0 aliphatic carbocycles. The van der Waals surface area contributed by atoms with Crippen LogP contribution in [0.15, 0.2) is 18.2 Å². The number of carboxylic acid groups (broad SMARTS) is 1. The highest BCUT2D eigenvalue weighted by atomic mass is 16.4. The summed E-state index contributed by atoms with van der Waals surface area (Å²) in [6.07, 6.45) is 0.802. The summed E-state index contributed by atoms with van der Waals surface area (Å²) >= 11 is 0. The van der Waals surface area contributed by atoms with Crippen LogP contribution in [0, 0.1) is 6.92 Å². The molecule has 0 amide bonds. The number of rotatable bonds is 3. The number of nitrogens with two attached hydrogens (primary N) is 1. The zero-order chi connectivity index (χ0) is 10.7. The number of hydrogen-bond donors (Lipinski definition) is 2. The van der Waals surface area contributed by atoms with Gasteiger partial charge in [0.25, 0.3) is 0 Å². The molecule has 0 spiro atoms. The molecule has 1 aromatic rings. The molecule has 76 valence electrons. The second-order valence-corrected chi connectivity index (χ2v) is 3.37. The van der Waals surface area contributed by atoms with E-state index in [1.54, 1.807) is 0 Å². The van der Waals surface area contributed by atoms with E-state index in [4.69, 9.17) is 10.8 Å². The number of carbonyl (C=O) groups is 1. The predicted octanol–water partition coefficient (Wildman–Crippen LogP) is 1.64. The minimum absolute atomic E-state index is 0.722. The van der Waals surface area contributed by atoms with Gasteiger partial charge in [-0.3, -0.25) is 4.79 Å². The lowest BCUT2D eigenvalue weighted by molar-refractivity contribution is -0.138. The molecule has 1 aromatic carbocycles. The monoisotopic (exact) mass is 193 g/mol. The standard InChI is InChI=1S/C11H15NO2/c1-3-8-5-4-7(2)6-9(8)10(12)11(13)14/h4-6,10H,3,12H2,1-2H3,(H,13,14)/t10-/m1/s1. The first kappa shape index (κ1) is 10.7. The second kappa shape index (κ2) is 4.24. The van der Waals surface area contributed by atoms with Crippen molar-refractivity contribution in [3.63, 3.8) is 0 Å². The van der Waals surface area contributed by atoms with Crippen molar-refractivity contribution in [1.82, 2.24) is 0 Å². The third-order valence-corrected chi connectivity index (χ3v) is 2.28. The van der Waals surface area contributed by atoms with E-state index in [9.17, 15) is 4.79 Å². The first-order valence-electron chi connectivity index (χ1n) is 4.64. The molecule has 1 rings (SSSR count). The largest absolute Gasteiger partial charge is 0.480 e. The van der Waals surface area contributed by atoms with Crippen LogP contribution in [-0.2, 0) is 11.2 Å². The molecule has 0 aromatic heterocycles. The molecule has 1 atom stereocenters. The van der Waals surface area contributed by atoms with Gasteiger partial charge in [0, 0.05) is 0 Å². The highest BCUT2D eigenvalue weighted by Gasteiger charge is 2.16. The smallest absolute Gasteiger partial charge is 0.325 e. The average Bonchev–Trinajstić information content (AvgIpc) is 2.16. The van der Waals surface area contributed by atoms with Gasteiger partial charge in [-0.2, -0.15) is 0 Å². The van der Waals surface area contributed by atoms with E-state index in [2.05, 4.69) is 0 Å². The van der Waals surface area contributed by atoms with Crippen molar-refractivity contribution in [2.24, 2.45) is 5.73 Å². The molecule has 3 heteroatoms. The zero-order valence-electron chi connectivity index (χ0n) is 8.45. The summed E-state index contributed by atoms with van der Waals surface area (Å²) < 4.78 is 0. The van der Waals surface area contributed by atoms with Crippen molar-refractivity contribution < 1.29 is 9.90 Å². The van der Waals surface area contributed by atoms with Crippen molar-refractivity contribution in [3.05, 3.63) is 34.9 Å². The van der Waals surface area contributed by atoms with Gasteiger partial charge in [-0.1, -0.05) is 30.7 Å². The van der Waals surface area contributed by atoms with Gasteiger partial charge < -0.3 is 10.8 Å². The van der Waals surface area contributed by atoms with Gasteiger partial charge >= 0.3 is 5.97 Å². The molecule has 3 N–H and O–H groups in total. The summed E-state index contributed by atoms with van der Waals surface area (Å²) in [7, 11) is 0. The van der Waals surface area contributed by atoms with Crippen LogP contribution in [0.3, 0.4) is 0 Å². The third kappa shape index (κ3) is 2.12. The Kier molecular flexibility index (Phi) is 3.25. The van der Waals surface area contributed by atoms with E-state index in [1.165, 1.54) is 0 Å². The maximum Gasteiger partial charge on any atom is 0.325 e. The second-order valence-electron chi connectivity index (χ2n) is 3.37. The fourth-order valence-corrected chi connectivity index (χ4v) is 1.46. The molecule has 0 bridgehead atoms. The Balaban J connectivity index is 3.16. The van der Waals surface area contributed by atoms with Crippen LogP contribution >= 0.6 is 0 Å². The molecule has 0 saturated heterocycles. The molecule has 0 saturated carbocycles. The summed E-state index contributed by atoms with van der Waals surface area (Å²) in [6, 6.07) is 4.84. The lowest BCUT2D eigenvalue weighted by atomic mass is 9.97.